The first kappa shape index (κ1) is 13.5. The number of nitrogens with zero attached hydrogens (tertiary/aromatic N) is 1. The van der Waals surface area contributed by atoms with Gasteiger partial charge in [0, 0.05) is 35.2 Å². The maximum Gasteiger partial charge on any atom is 0.256 e. The lowest BCUT2D eigenvalue weighted by molar-refractivity contribution is -0.114. The third kappa shape index (κ3) is 2.32. The fraction of sp³-hybridized carbons (Fsp3) is 0.0556. The largest absolute Gasteiger partial charge is 0.326 e. The SMILES string of the molecule is CC(=O)Nc1ccc2c(c1)NC(=O)/C2=C/c1ccc2c(c1)=CN=2. The van der Waals surface area contributed by atoms with E-state index < -0.39 is 0 Å². The summed E-state index contributed by atoms with van der Waals surface area (Å²) in [5.41, 5.74) is 3.78. The van der Waals surface area contributed by atoms with E-state index in [2.05, 4.69) is 15.6 Å². The Labute approximate surface area is 132 Å². The normalized spacial score (nSPS) is 15.7. The van der Waals surface area contributed by atoms with E-state index in [-0.39, 0.29) is 11.8 Å². The molecule has 5 heteroatoms. The lowest BCUT2D eigenvalue weighted by Gasteiger charge is -2.05. The predicted molar refractivity (Wildman–Crippen MR) is 88.9 cm³/mol. The highest BCUT2D eigenvalue weighted by molar-refractivity contribution is 6.35. The number of nitrogens with one attached hydrogen (secondary N) is 2. The average Bonchev–Trinajstić information content (AvgIpc) is 2.77. The molecule has 2 heterocycles. The minimum absolute atomic E-state index is 0.142. The number of hydrogen-bond donors (Lipinski definition) is 2. The predicted octanol–water partition coefficient (Wildman–Crippen LogP) is 1.51. The molecule has 2 aromatic carbocycles. The van der Waals surface area contributed by atoms with E-state index in [0.29, 0.717) is 16.9 Å². The summed E-state index contributed by atoms with van der Waals surface area (Å²) in [6.07, 6.45) is 3.67. The summed E-state index contributed by atoms with van der Waals surface area (Å²) in [4.78, 5) is 27.5. The van der Waals surface area contributed by atoms with Crippen LogP contribution in [0.15, 0.2) is 41.4 Å². The molecule has 0 spiro atoms. The second-order valence-electron chi connectivity index (χ2n) is 5.53. The van der Waals surface area contributed by atoms with Crippen LogP contribution in [0.5, 0.6) is 0 Å². The number of carbonyl (C=O) groups is 2. The topological polar surface area (TPSA) is 70.6 Å². The van der Waals surface area contributed by atoms with Gasteiger partial charge in [-0.05, 0) is 35.9 Å². The number of amides is 2. The van der Waals surface area contributed by atoms with Gasteiger partial charge in [-0.2, -0.15) is 0 Å². The molecule has 0 bridgehead atoms. The molecule has 2 aromatic rings. The van der Waals surface area contributed by atoms with Crippen LogP contribution in [0, 0.1) is 0 Å². The van der Waals surface area contributed by atoms with Crippen molar-refractivity contribution >= 4 is 41.0 Å². The lowest BCUT2D eigenvalue weighted by atomic mass is 10.0. The molecule has 0 atom stereocenters. The van der Waals surface area contributed by atoms with Gasteiger partial charge in [0.05, 0.1) is 11.0 Å². The Hall–Kier alpha value is -3.21. The van der Waals surface area contributed by atoms with E-state index >= 15 is 0 Å². The van der Waals surface area contributed by atoms with Crippen LogP contribution in [0.25, 0.3) is 17.8 Å². The van der Waals surface area contributed by atoms with Crippen LogP contribution in [0.1, 0.15) is 18.1 Å². The molecule has 0 fully saturated rings. The van der Waals surface area contributed by atoms with Gasteiger partial charge in [-0.3, -0.25) is 14.6 Å². The van der Waals surface area contributed by atoms with Gasteiger partial charge in [0.1, 0.15) is 0 Å². The summed E-state index contributed by atoms with van der Waals surface area (Å²) in [7, 11) is 0. The number of carbonyl (C=O) groups excluding carboxylic acids is 2. The van der Waals surface area contributed by atoms with Gasteiger partial charge in [-0.1, -0.05) is 12.1 Å². The molecular formula is C18H13N3O2. The van der Waals surface area contributed by atoms with Gasteiger partial charge < -0.3 is 10.6 Å². The fourth-order valence-electron chi connectivity index (χ4n) is 2.74. The first-order valence-corrected chi connectivity index (χ1v) is 7.23. The molecule has 112 valence electrons. The Morgan fingerprint density at radius 2 is 2.09 bits per heavy atom. The molecule has 0 saturated carbocycles. The highest BCUT2D eigenvalue weighted by Gasteiger charge is 2.24. The molecule has 4 rings (SSSR count). The molecule has 2 N–H and O–H groups in total. The van der Waals surface area contributed by atoms with Crippen molar-refractivity contribution in [1.29, 1.82) is 0 Å². The molecule has 0 saturated heterocycles. The van der Waals surface area contributed by atoms with Crippen LogP contribution < -0.4 is 21.2 Å². The van der Waals surface area contributed by atoms with Crippen LogP contribution in [-0.2, 0) is 9.59 Å². The van der Waals surface area contributed by atoms with Gasteiger partial charge in [0.15, 0.2) is 0 Å². The molecule has 0 aliphatic carbocycles. The number of anilines is 2. The highest BCUT2D eigenvalue weighted by Crippen LogP contribution is 2.34. The van der Waals surface area contributed by atoms with Crippen molar-refractivity contribution in [2.24, 2.45) is 4.99 Å². The Morgan fingerprint density at radius 3 is 2.78 bits per heavy atom. The summed E-state index contributed by atoms with van der Waals surface area (Å²) in [6, 6.07) is 11.3. The van der Waals surface area contributed by atoms with Gasteiger partial charge in [-0.25, -0.2) is 0 Å². The molecule has 0 unspecified atom stereocenters. The third-order valence-corrected chi connectivity index (χ3v) is 3.83. The fourth-order valence-corrected chi connectivity index (χ4v) is 2.74. The van der Waals surface area contributed by atoms with E-state index in [0.717, 1.165) is 21.7 Å². The smallest absolute Gasteiger partial charge is 0.256 e. The van der Waals surface area contributed by atoms with Crippen molar-refractivity contribution in [2.75, 3.05) is 10.6 Å². The summed E-state index contributed by atoms with van der Waals surface area (Å²) in [5.74, 6) is -0.287. The van der Waals surface area contributed by atoms with E-state index in [1.165, 1.54) is 6.92 Å². The van der Waals surface area contributed by atoms with Crippen molar-refractivity contribution < 1.29 is 9.59 Å². The van der Waals surface area contributed by atoms with Crippen LogP contribution in [0.3, 0.4) is 0 Å². The standard InChI is InChI=1S/C18H13N3O2/c1-10(22)20-13-3-4-14-15(18(23)21-17(14)8-13)7-11-2-5-16-12(6-11)9-19-16/h2-9H,1H3,(H,20,22)(H,21,23)/b15-7+. The zero-order valence-corrected chi connectivity index (χ0v) is 12.4. The molecular weight excluding hydrogens is 290 g/mol. The van der Waals surface area contributed by atoms with Gasteiger partial charge >= 0.3 is 0 Å². The zero-order valence-electron chi connectivity index (χ0n) is 12.4. The number of rotatable bonds is 2. The number of fused-ring (bicyclic) bond motifs is 2. The van der Waals surface area contributed by atoms with Gasteiger partial charge in [-0.15, -0.1) is 0 Å². The zero-order chi connectivity index (χ0) is 16.0. The van der Waals surface area contributed by atoms with E-state index in [1.807, 2.05) is 30.3 Å². The van der Waals surface area contributed by atoms with E-state index in [9.17, 15) is 9.59 Å². The van der Waals surface area contributed by atoms with Crippen LogP contribution in [0.2, 0.25) is 0 Å². The Morgan fingerprint density at radius 1 is 1.22 bits per heavy atom. The Balaban J connectivity index is 1.74. The van der Waals surface area contributed by atoms with Crippen molar-refractivity contribution in [3.8, 4) is 0 Å². The molecule has 2 aliphatic heterocycles. The molecule has 2 amide bonds. The van der Waals surface area contributed by atoms with Crippen molar-refractivity contribution in [3.05, 3.63) is 58.1 Å². The molecule has 0 radical (unpaired) electrons. The lowest BCUT2D eigenvalue weighted by Crippen LogP contribution is -2.30. The van der Waals surface area contributed by atoms with Crippen LogP contribution in [-0.4, -0.2) is 11.8 Å². The Kier molecular flexibility index (Phi) is 2.87. The second-order valence-corrected chi connectivity index (χ2v) is 5.53. The summed E-state index contributed by atoms with van der Waals surface area (Å²) < 4.78 is 0. The first-order chi connectivity index (χ1) is 11.1. The Bertz CT molecular complexity index is 1020. The maximum atomic E-state index is 12.2. The molecule has 0 aromatic heterocycles. The second kappa shape index (κ2) is 4.91. The maximum absolute atomic E-state index is 12.2. The van der Waals surface area contributed by atoms with E-state index in [4.69, 9.17) is 0 Å². The number of hydrogen-bond acceptors (Lipinski definition) is 3. The van der Waals surface area contributed by atoms with Crippen molar-refractivity contribution in [3.63, 3.8) is 0 Å². The summed E-state index contributed by atoms with van der Waals surface area (Å²) >= 11 is 0. The molecule has 5 nitrogen and oxygen atoms in total. The third-order valence-electron chi connectivity index (χ3n) is 3.83. The van der Waals surface area contributed by atoms with Gasteiger partial charge in [0.25, 0.3) is 5.91 Å². The van der Waals surface area contributed by atoms with Crippen LogP contribution >= 0.6 is 0 Å². The molecule has 2 aliphatic rings. The quantitative estimate of drug-likeness (QED) is 0.826. The van der Waals surface area contributed by atoms with Crippen molar-refractivity contribution in [1.82, 2.24) is 0 Å². The highest BCUT2D eigenvalue weighted by atomic mass is 16.2. The summed E-state index contributed by atoms with van der Waals surface area (Å²) in [5, 5.41) is 7.61. The number of benzene rings is 2. The van der Waals surface area contributed by atoms with Gasteiger partial charge in [0.2, 0.25) is 5.91 Å². The molecule has 23 heavy (non-hydrogen) atoms. The monoisotopic (exact) mass is 303 g/mol. The minimum atomic E-state index is -0.145. The van der Waals surface area contributed by atoms with Crippen LogP contribution in [0.4, 0.5) is 11.4 Å². The minimum Gasteiger partial charge on any atom is -0.326 e. The van der Waals surface area contributed by atoms with Crippen molar-refractivity contribution in [2.45, 2.75) is 6.92 Å². The summed E-state index contributed by atoms with van der Waals surface area (Å²) in [6.45, 7) is 1.45. The van der Waals surface area contributed by atoms with E-state index in [1.54, 1.807) is 18.3 Å². The average molecular weight is 303 g/mol. The first-order valence-electron chi connectivity index (χ1n) is 7.23.